The Labute approximate surface area is 128 Å². The highest BCUT2D eigenvalue weighted by Gasteiger charge is 2.22. The van der Waals surface area contributed by atoms with Crippen LogP contribution in [0.3, 0.4) is 0 Å². The lowest BCUT2D eigenvalue weighted by Gasteiger charge is -2.22. The molecule has 0 atom stereocenters. The molecule has 0 aliphatic carbocycles. The fraction of sp³-hybridized carbons (Fsp3) is 0.538. The van der Waals surface area contributed by atoms with E-state index in [2.05, 4.69) is 26.0 Å². The van der Waals surface area contributed by atoms with Crippen molar-refractivity contribution in [3.63, 3.8) is 0 Å². The van der Waals surface area contributed by atoms with E-state index in [9.17, 15) is 8.42 Å². The highest BCUT2D eigenvalue weighted by molar-refractivity contribution is 9.10. The summed E-state index contributed by atoms with van der Waals surface area (Å²) in [5.41, 5.74) is 0. The molecule has 0 amide bonds. The van der Waals surface area contributed by atoms with Gasteiger partial charge in [-0.2, -0.15) is 0 Å². The number of hydrogen-bond acceptors (Lipinski definition) is 4. The first-order chi connectivity index (χ1) is 9.53. The summed E-state index contributed by atoms with van der Waals surface area (Å²) >= 11 is 3.29. The summed E-state index contributed by atoms with van der Waals surface area (Å²) in [4.78, 5) is 0.170. The molecule has 1 aliphatic rings. The summed E-state index contributed by atoms with van der Waals surface area (Å²) in [6.07, 6.45) is 2.00. The van der Waals surface area contributed by atoms with E-state index >= 15 is 0 Å². The van der Waals surface area contributed by atoms with E-state index in [0.29, 0.717) is 22.7 Å². The molecule has 20 heavy (non-hydrogen) atoms. The normalized spacial score (nSPS) is 17.1. The molecular formula is C13H19BrN2O3S. The number of halogens is 1. The second-order valence-electron chi connectivity index (χ2n) is 4.84. The lowest BCUT2D eigenvalue weighted by Crippen LogP contribution is -2.36. The van der Waals surface area contributed by atoms with E-state index in [0.717, 1.165) is 25.9 Å². The minimum Gasteiger partial charge on any atom is -0.495 e. The maximum absolute atomic E-state index is 12.4. The van der Waals surface area contributed by atoms with Gasteiger partial charge in [0.15, 0.2) is 0 Å². The quantitative estimate of drug-likeness (QED) is 0.836. The van der Waals surface area contributed by atoms with E-state index in [-0.39, 0.29) is 4.90 Å². The van der Waals surface area contributed by atoms with Crippen molar-refractivity contribution in [3.05, 3.63) is 22.7 Å². The zero-order chi connectivity index (χ0) is 14.6. The highest BCUT2D eigenvalue weighted by Crippen LogP contribution is 2.27. The predicted octanol–water partition coefficient (Wildman–Crippen LogP) is 1.74. The summed E-state index contributed by atoms with van der Waals surface area (Å²) < 4.78 is 33.3. The van der Waals surface area contributed by atoms with Crippen molar-refractivity contribution in [1.82, 2.24) is 10.0 Å². The second kappa shape index (κ2) is 6.89. The fourth-order valence-electron chi connectivity index (χ4n) is 2.25. The number of nitrogens with one attached hydrogen (secondary N) is 2. The van der Waals surface area contributed by atoms with Gasteiger partial charge in [0.25, 0.3) is 0 Å². The van der Waals surface area contributed by atoms with Crippen LogP contribution in [0.25, 0.3) is 0 Å². The van der Waals surface area contributed by atoms with Gasteiger partial charge in [-0.05, 0) is 50.0 Å². The van der Waals surface area contributed by atoms with Crippen molar-refractivity contribution in [2.75, 3.05) is 26.7 Å². The minimum absolute atomic E-state index is 0.170. The Morgan fingerprint density at radius 2 is 2.10 bits per heavy atom. The Bertz CT molecular complexity index is 557. The van der Waals surface area contributed by atoms with Gasteiger partial charge in [0.1, 0.15) is 10.6 Å². The Morgan fingerprint density at radius 3 is 2.75 bits per heavy atom. The van der Waals surface area contributed by atoms with Crippen LogP contribution in [0, 0.1) is 5.92 Å². The van der Waals surface area contributed by atoms with Gasteiger partial charge in [-0.1, -0.05) is 15.9 Å². The predicted molar refractivity (Wildman–Crippen MR) is 81.5 cm³/mol. The van der Waals surface area contributed by atoms with Crippen LogP contribution in [-0.2, 0) is 10.0 Å². The van der Waals surface area contributed by atoms with Crippen molar-refractivity contribution in [1.29, 1.82) is 0 Å². The van der Waals surface area contributed by atoms with E-state index in [1.165, 1.54) is 7.11 Å². The van der Waals surface area contributed by atoms with Gasteiger partial charge in [-0.3, -0.25) is 0 Å². The molecule has 2 rings (SSSR count). The first-order valence-electron chi connectivity index (χ1n) is 6.57. The maximum Gasteiger partial charge on any atom is 0.244 e. The van der Waals surface area contributed by atoms with Crippen molar-refractivity contribution < 1.29 is 13.2 Å². The van der Waals surface area contributed by atoms with Crippen LogP contribution >= 0.6 is 15.9 Å². The largest absolute Gasteiger partial charge is 0.495 e. The van der Waals surface area contributed by atoms with Gasteiger partial charge in [0.2, 0.25) is 10.0 Å². The van der Waals surface area contributed by atoms with Crippen molar-refractivity contribution >= 4 is 26.0 Å². The molecule has 0 saturated carbocycles. The number of benzene rings is 1. The zero-order valence-corrected chi connectivity index (χ0v) is 13.8. The monoisotopic (exact) mass is 362 g/mol. The third-order valence-corrected chi connectivity index (χ3v) is 5.37. The van der Waals surface area contributed by atoms with Crippen molar-refractivity contribution in [2.45, 2.75) is 17.7 Å². The van der Waals surface area contributed by atoms with Gasteiger partial charge < -0.3 is 10.1 Å². The Hall–Kier alpha value is -0.630. The molecular weight excluding hydrogens is 344 g/mol. The lowest BCUT2D eigenvalue weighted by molar-refractivity contribution is 0.371. The summed E-state index contributed by atoms with van der Waals surface area (Å²) in [5.74, 6) is 0.746. The average molecular weight is 363 g/mol. The van der Waals surface area contributed by atoms with E-state index in [4.69, 9.17) is 4.74 Å². The number of methoxy groups -OCH3 is 1. The second-order valence-corrected chi connectivity index (χ2v) is 7.49. The van der Waals surface area contributed by atoms with Crippen LogP contribution in [0.2, 0.25) is 0 Å². The SMILES string of the molecule is COc1ccc(Br)cc1S(=O)(=O)NCC1CCNCC1. The molecule has 1 fully saturated rings. The lowest BCUT2D eigenvalue weighted by atomic mass is 9.99. The van der Waals surface area contributed by atoms with Gasteiger partial charge in [-0.25, -0.2) is 13.1 Å². The molecule has 1 aromatic carbocycles. The number of ether oxygens (including phenoxy) is 1. The van der Waals surface area contributed by atoms with Crippen LogP contribution in [0.1, 0.15) is 12.8 Å². The van der Waals surface area contributed by atoms with Crippen LogP contribution < -0.4 is 14.8 Å². The third kappa shape index (κ3) is 3.94. The molecule has 0 spiro atoms. The first-order valence-corrected chi connectivity index (χ1v) is 8.84. The molecule has 1 aromatic rings. The standard InChI is InChI=1S/C13H19BrN2O3S/c1-19-12-3-2-11(14)8-13(12)20(17,18)16-9-10-4-6-15-7-5-10/h2-3,8,10,15-16H,4-7,9H2,1H3. The molecule has 1 aliphatic heterocycles. The molecule has 2 N–H and O–H groups in total. The minimum atomic E-state index is -3.55. The number of rotatable bonds is 5. The van der Waals surface area contributed by atoms with Gasteiger partial charge >= 0.3 is 0 Å². The Balaban J connectivity index is 2.11. The van der Waals surface area contributed by atoms with E-state index in [1.807, 2.05) is 0 Å². The van der Waals surface area contributed by atoms with Crippen molar-refractivity contribution in [3.8, 4) is 5.75 Å². The van der Waals surface area contributed by atoms with E-state index < -0.39 is 10.0 Å². The maximum atomic E-state index is 12.4. The summed E-state index contributed by atoms with van der Waals surface area (Å²) in [5, 5.41) is 3.27. The van der Waals surface area contributed by atoms with Gasteiger partial charge in [0.05, 0.1) is 7.11 Å². The molecule has 0 aromatic heterocycles. The molecule has 5 nitrogen and oxygen atoms in total. The third-order valence-electron chi connectivity index (χ3n) is 3.44. The fourth-order valence-corrected chi connectivity index (χ4v) is 4.07. The Morgan fingerprint density at radius 1 is 1.40 bits per heavy atom. The average Bonchev–Trinajstić information content (AvgIpc) is 2.46. The topological polar surface area (TPSA) is 67.4 Å². The Kier molecular flexibility index (Phi) is 5.42. The van der Waals surface area contributed by atoms with Crippen LogP contribution in [-0.4, -0.2) is 35.2 Å². The molecule has 1 heterocycles. The van der Waals surface area contributed by atoms with Gasteiger partial charge in [0, 0.05) is 11.0 Å². The van der Waals surface area contributed by atoms with Crippen LogP contribution in [0.4, 0.5) is 0 Å². The van der Waals surface area contributed by atoms with Crippen LogP contribution in [0.15, 0.2) is 27.6 Å². The van der Waals surface area contributed by atoms with Crippen LogP contribution in [0.5, 0.6) is 5.75 Å². The summed E-state index contributed by atoms with van der Waals surface area (Å²) in [6.45, 7) is 2.37. The molecule has 0 bridgehead atoms. The highest BCUT2D eigenvalue weighted by atomic mass is 79.9. The number of hydrogen-bond donors (Lipinski definition) is 2. The van der Waals surface area contributed by atoms with Crippen molar-refractivity contribution in [2.24, 2.45) is 5.92 Å². The van der Waals surface area contributed by atoms with Gasteiger partial charge in [-0.15, -0.1) is 0 Å². The number of piperidine rings is 1. The number of sulfonamides is 1. The molecule has 1 saturated heterocycles. The first kappa shape index (κ1) is 15.8. The molecule has 0 radical (unpaired) electrons. The molecule has 7 heteroatoms. The zero-order valence-electron chi connectivity index (χ0n) is 11.4. The molecule has 0 unspecified atom stereocenters. The summed E-state index contributed by atoms with van der Waals surface area (Å²) in [7, 11) is -2.08. The molecule has 112 valence electrons. The smallest absolute Gasteiger partial charge is 0.244 e. The summed E-state index contributed by atoms with van der Waals surface area (Å²) in [6, 6.07) is 4.96. The van der Waals surface area contributed by atoms with E-state index in [1.54, 1.807) is 18.2 Å².